The molecule has 0 bridgehead atoms. The third kappa shape index (κ3) is 5.29. The van der Waals surface area contributed by atoms with E-state index in [2.05, 4.69) is 107 Å². The Balaban J connectivity index is 1.57. The molecule has 0 N–H and O–H groups in total. The van der Waals surface area contributed by atoms with Gasteiger partial charge in [-0.15, -0.1) is 0 Å². The first-order chi connectivity index (χ1) is 14.8. The lowest BCUT2D eigenvalue weighted by molar-refractivity contribution is 0.00578. The lowest BCUT2D eigenvalue weighted by Gasteiger charge is -2.32. The van der Waals surface area contributed by atoms with E-state index < -0.39 is 0 Å². The molecule has 0 unspecified atom stereocenters. The molecule has 0 radical (unpaired) electrons. The molecular weight excluding hydrogens is 379 g/mol. The monoisotopic (exact) mass is 412 g/mol. The van der Waals surface area contributed by atoms with Crippen LogP contribution < -0.4 is 5.46 Å². The van der Waals surface area contributed by atoms with Gasteiger partial charge in [-0.25, -0.2) is 0 Å². The molecule has 31 heavy (non-hydrogen) atoms. The van der Waals surface area contributed by atoms with Crippen molar-refractivity contribution < 1.29 is 9.31 Å². The Labute approximate surface area is 187 Å². The van der Waals surface area contributed by atoms with E-state index in [9.17, 15) is 0 Å². The molecule has 0 saturated carbocycles. The molecule has 0 spiro atoms. The van der Waals surface area contributed by atoms with Crippen molar-refractivity contribution in [3.05, 3.63) is 101 Å². The summed E-state index contributed by atoms with van der Waals surface area (Å²) in [6.45, 7) is 8.45. The van der Waals surface area contributed by atoms with Gasteiger partial charge in [-0.1, -0.05) is 78.9 Å². The van der Waals surface area contributed by atoms with Crippen molar-refractivity contribution in [2.45, 2.75) is 64.6 Å². The SMILES string of the molecule is CC1(C)OB(c2cc(CCc3ccccc3)cc(CCc3ccccc3)c2)OC1(C)C. The molecule has 1 aliphatic heterocycles. The number of rotatable bonds is 7. The number of aryl methyl sites for hydroxylation is 4. The lowest BCUT2D eigenvalue weighted by Crippen LogP contribution is -2.41. The molecule has 2 nitrogen and oxygen atoms in total. The van der Waals surface area contributed by atoms with E-state index in [1.165, 1.54) is 22.3 Å². The van der Waals surface area contributed by atoms with Crippen LogP contribution in [0.1, 0.15) is 49.9 Å². The number of hydrogen-bond acceptors (Lipinski definition) is 2. The second-order valence-electron chi connectivity index (χ2n) is 9.64. The molecule has 0 aliphatic carbocycles. The average molecular weight is 412 g/mol. The minimum atomic E-state index is -0.331. The van der Waals surface area contributed by atoms with Crippen LogP contribution in [0.2, 0.25) is 0 Å². The zero-order valence-corrected chi connectivity index (χ0v) is 19.2. The molecular formula is C28H33BO2. The summed E-state index contributed by atoms with van der Waals surface area (Å²) >= 11 is 0. The van der Waals surface area contributed by atoms with Gasteiger partial charge in [0.15, 0.2) is 0 Å². The van der Waals surface area contributed by atoms with Crippen molar-refractivity contribution in [2.24, 2.45) is 0 Å². The van der Waals surface area contributed by atoms with Crippen LogP contribution in [0.4, 0.5) is 0 Å². The minimum Gasteiger partial charge on any atom is -0.399 e. The van der Waals surface area contributed by atoms with Crippen molar-refractivity contribution in [3.63, 3.8) is 0 Å². The van der Waals surface area contributed by atoms with Crippen molar-refractivity contribution in [1.82, 2.24) is 0 Å². The van der Waals surface area contributed by atoms with Gasteiger partial charge in [0.2, 0.25) is 0 Å². The molecule has 0 aromatic heterocycles. The first-order valence-corrected chi connectivity index (χ1v) is 11.4. The van der Waals surface area contributed by atoms with E-state index in [4.69, 9.17) is 9.31 Å². The molecule has 4 rings (SSSR count). The predicted octanol–water partition coefficient (Wildman–Crippen LogP) is 5.56. The highest BCUT2D eigenvalue weighted by Gasteiger charge is 2.51. The minimum absolute atomic E-state index is 0.322. The first-order valence-electron chi connectivity index (χ1n) is 11.4. The molecule has 1 aliphatic rings. The van der Waals surface area contributed by atoms with Crippen LogP contribution in [0, 0.1) is 0 Å². The van der Waals surface area contributed by atoms with Gasteiger partial charge in [0.1, 0.15) is 0 Å². The van der Waals surface area contributed by atoms with Gasteiger partial charge >= 0.3 is 7.12 Å². The van der Waals surface area contributed by atoms with Crippen molar-refractivity contribution >= 4 is 12.6 Å². The van der Waals surface area contributed by atoms with E-state index >= 15 is 0 Å². The number of hydrogen-bond donors (Lipinski definition) is 0. The van der Waals surface area contributed by atoms with Gasteiger partial charge in [-0.3, -0.25) is 0 Å². The fourth-order valence-corrected chi connectivity index (χ4v) is 4.06. The molecule has 0 atom stereocenters. The summed E-state index contributed by atoms with van der Waals surface area (Å²) in [5.41, 5.74) is 5.90. The van der Waals surface area contributed by atoms with Gasteiger partial charge in [0.05, 0.1) is 11.2 Å². The summed E-state index contributed by atoms with van der Waals surface area (Å²) < 4.78 is 12.7. The quantitative estimate of drug-likeness (QED) is 0.474. The largest absolute Gasteiger partial charge is 0.494 e. The van der Waals surface area contributed by atoms with Crippen LogP contribution in [-0.4, -0.2) is 18.3 Å². The maximum Gasteiger partial charge on any atom is 0.494 e. The Morgan fingerprint density at radius 2 is 0.935 bits per heavy atom. The molecule has 1 fully saturated rings. The van der Waals surface area contributed by atoms with Crippen LogP contribution in [0.5, 0.6) is 0 Å². The zero-order chi connectivity index (χ0) is 21.9. The van der Waals surface area contributed by atoms with Crippen molar-refractivity contribution in [1.29, 1.82) is 0 Å². The van der Waals surface area contributed by atoms with Crippen LogP contribution >= 0.6 is 0 Å². The van der Waals surface area contributed by atoms with Crippen LogP contribution in [-0.2, 0) is 35.0 Å². The summed E-state index contributed by atoms with van der Waals surface area (Å²) in [7, 11) is -0.322. The van der Waals surface area contributed by atoms with E-state index in [1.54, 1.807) is 0 Å². The molecule has 3 heteroatoms. The summed E-state index contributed by atoms with van der Waals surface area (Å²) in [6.07, 6.45) is 4.09. The molecule has 160 valence electrons. The Bertz CT molecular complexity index is 918. The summed E-state index contributed by atoms with van der Waals surface area (Å²) in [6, 6.07) is 28.3. The lowest BCUT2D eigenvalue weighted by atomic mass is 9.76. The molecule has 3 aromatic carbocycles. The van der Waals surface area contributed by atoms with Gasteiger partial charge in [-0.2, -0.15) is 0 Å². The average Bonchev–Trinajstić information content (AvgIpc) is 2.99. The smallest absolute Gasteiger partial charge is 0.399 e. The van der Waals surface area contributed by atoms with E-state index in [0.717, 1.165) is 31.1 Å². The van der Waals surface area contributed by atoms with Gasteiger partial charge < -0.3 is 9.31 Å². The Hall–Kier alpha value is -2.36. The second kappa shape index (κ2) is 9.02. The summed E-state index contributed by atoms with van der Waals surface area (Å²) in [4.78, 5) is 0. The summed E-state index contributed by atoms with van der Waals surface area (Å²) in [5.74, 6) is 0. The molecule has 1 heterocycles. The summed E-state index contributed by atoms with van der Waals surface area (Å²) in [5, 5.41) is 0. The third-order valence-corrected chi connectivity index (χ3v) is 6.69. The Morgan fingerprint density at radius 1 is 0.548 bits per heavy atom. The highest BCUT2D eigenvalue weighted by atomic mass is 16.7. The van der Waals surface area contributed by atoms with Gasteiger partial charge in [0.25, 0.3) is 0 Å². The molecule has 0 amide bonds. The topological polar surface area (TPSA) is 18.5 Å². The maximum atomic E-state index is 6.36. The third-order valence-electron chi connectivity index (χ3n) is 6.69. The Morgan fingerprint density at radius 3 is 1.35 bits per heavy atom. The first kappa shape index (κ1) is 21.9. The van der Waals surface area contributed by atoms with Crippen LogP contribution in [0.25, 0.3) is 0 Å². The van der Waals surface area contributed by atoms with E-state index in [-0.39, 0.29) is 18.3 Å². The highest BCUT2D eigenvalue weighted by Crippen LogP contribution is 2.36. The maximum absolute atomic E-state index is 6.36. The Kier molecular flexibility index (Phi) is 6.36. The predicted molar refractivity (Wildman–Crippen MR) is 130 cm³/mol. The number of benzene rings is 3. The molecule has 3 aromatic rings. The van der Waals surface area contributed by atoms with Crippen LogP contribution in [0.15, 0.2) is 78.9 Å². The fourth-order valence-electron chi connectivity index (χ4n) is 4.06. The van der Waals surface area contributed by atoms with Crippen molar-refractivity contribution in [2.75, 3.05) is 0 Å². The van der Waals surface area contributed by atoms with Gasteiger partial charge in [0, 0.05) is 0 Å². The van der Waals surface area contributed by atoms with E-state index in [1.807, 2.05) is 0 Å². The highest BCUT2D eigenvalue weighted by molar-refractivity contribution is 6.62. The molecule has 1 saturated heterocycles. The van der Waals surface area contributed by atoms with Gasteiger partial charge in [-0.05, 0) is 81.1 Å². The van der Waals surface area contributed by atoms with Crippen LogP contribution in [0.3, 0.4) is 0 Å². The fraction of sp³-hybridized carbons (Fsp3) is 0.357. The van der Waals surface area contributed by atoms with Crippen molar-refractivity contribution in [3.8, 4) is 0 Å². The zero-order valence-electron chi connectivity index (χ0n) is 19.2. The standard InChI is InChI=1S/C28H33BO2/c1-27(2)28(3,4)31-29(30-27)26-20-24(17-15-22-11-7-5-8-12-22)19-25(21-26)18-16-23-13-9-6-10-14-23/h5-14,19-21H,15-18H2,1-4H3. The normalized spacial score (nSPS) is 17.1. The second-order valence-corrected chi connectivity index (χ2v) is 9.64. The van der Waals surface area contributed by atoms with E-state index in [0.29, 0.717) is 0 Å².